The Morgan fingerprint density at radius 2 is 0.940 bits per heavy atom. The summed E-state index contributed by atoms with van der Waals surface area (Å²) < 4.78 is 14.5. The van der Waals surface area contributed by atoms with Crippen molar-refractivity contribution in [2.75, 3.05) is 4.90 Å². The van der Waals surface area contributed by atoms with Crippen molar-refractivity contribution in [1.82, 2.24) is 14.5 Å². The second-order valence-corrected chi connectivity index (χ2v) is 12.3. The highest BCUT2D eigenvalue weighted by Gasteiger charge is 2.18. The summed E-state index contributed by atoms with van der Waals surface area (Å²) in [5.41, 5.74) is 11.6. The van der Waals surface area contributed by atoms with Crippen molar-refractivity contribution in [3.8, 4) is 28.6 Å². The molecule has 0 saturated heterocycles. The van der Waals surface area contributed by atoms with Gasteiger partial charge in [-0.25, -0.2) is 9.97 Å². The molecule has 10 aromatic rings. The van der Waals surface area contributed by atoms with Crippen LogP contribution in [0, 0.1) is 0 Å². The molecular formula is C44H28N4O2. The van der Waals surface area contributed by atoms with Crippen LogP contribution in [0.3, 0.4) is 0 Å². The van der Waals surface area contributed by atoms with Crippen molar-refractivity contribution in [3.05, 3.63) is 170 Å². The molecule has 0 unspecified atom stereocenters. The Morgan fingerprint density at radius 3 is 1.62 bits per heavy atom. The van der Waals surface area contributed by atoms with E-state index in [4.69, 9.17) is 13.8 Å². The Kier molecular flexibility index (Phi) is 6.39. The van der Waals surface area contributed by atoms with Crippen LogP contribution in [0.5, 0.6) is 0 Å². The van der Waals surface area contributed by atoms with Crippen LogP contribution in [0.2, 0.25) is 0 Å². The van der Waals surface area contributed by atoms with E-state index in [9.17, 15) is 0 Å². The highest BCUT2D eigenvalue weighted by molar-refractivity contribution is 6.10. The zero-order valence-corrected chi connectivity index (χ0v) is 26.8. The van der Waals surface area contributed by atoms with Gasteiger partial charge < -0.3 is 18.3 Å². The number of para-hydroxylation sites is 6. The fourth-order valence-corrected chi connectivity index (χ4v) is 6.90. The molecule has 50 heavy (non-hydrogen) atoms. The molecule has 3 aromatic heterocycles. The summed E-state index contributed by atoms with van der Waals surface area (Å²) in [6.07, 6.45) is 0. The largest absolute Gasteiger partial charge is 0.436 e. The summed E-state index contributed by atoms with van der Waals surface area (Å²) in [6, 6.07) is 58.3. The maximum atomic E-state index is 6.13. The second-order valence-electron chi connectivity index (χ2n) is 12.3. The number of oxazole rings is 2. The van der Waals surface area contributed by atoms with Gasteiger partial charge in [0.1, 0.15) is 11.0 Å². The number of aromatic nitrogens is 3. The summed E-state index contributed by atoms with van der Waals surface area (Å²) in [7, 11) is 0. The van der Waals surface area contributed by atoms with Gasteiger partial charge in [-0.3, -0.25) is 0 Å². The topological polar surface area (TPSA) is 60.2 Å². The lowest BCUT2D eigenvalue weighted by molar-refractivity contribution is 0.619. The Balaban J connectivity index is 1.04. The van der Waals surface area contributed by atoms with E-state index in [0.29, 0.717) is 11.8 Å². The third kappa shape index (κ3) is 4.65. The SMILES string of the molecule is c1ccc(N(c2ccc(-c3nc4ccccc4o3)cc2)c2ccc(-n3c4ccccc4c4cc(-c5nc6ccccc6o5)ccc43)cc2)cc1. The summed E-state index contributed by atoms with van der Waals surface area (Å²) in [6.45, 7) is 0. The minimum atomic E-state index is 0.612. The van der Waals surface area contributed by atoms with Crippen LogP contribution in [-0.2, 0) is 0 Å². The molecule has 0 bridgehead atoms. The first-order chi connectivity index (χ1) is 24.8. The van der Waals surface area contributed by atoms with E-state index < -0.39 is 0 Å². The fraction of sp³-hybridized carbons (Fsp3) is 0. The average Bonchev–Trinajstić information content (AvgIpc) is 3.90. The van der Waals surface area contributed by atoms with Gasteiger partial charge in [0, 0.05) is 44.6 Å². The number of rotatable bonds is 6. The number of hydrogen-bond acceptors (Lipinski definition) is 5. The van der Waals surface area contributed by atoms with E-state index in [2.05, 4.69) is 130 Å². The van der Waals surface area contributed by atoms with Crippen LogP contribution in [0.4, 0.5) is 17.1 Å². The average molecular weight is 645 g/mol. The van der Waals surface area contributed by atoms with Crippen LogP contribution in [0.25, 0.3) is 72.6 Å². The van der Waals surface area contributed by atoms with Gasteiger partial charge in [0.2, 0.25) is 11.8 Å². The predicted octanol–water partition coefficient (Wildman–Crippen LogP) is 11.9. The molecular weight excluding hydrogens is 617 g/mol. The van der Waals surface area contributed by atoms with E-state index in [0.717, 1.165) is 72.5 Å². The van der Waals surface area contributed by atoms with Crippen molar-refractivity contribution in [2.45, 2.75) is 0 Å². The van der Waals surface area contributed by atoms with Crippen molar-refractivity contribution in [3.63, 3.8) is 0 Å². The molecule has 0 amide bonds. The summed E-state index contributed by atoms with van der Waals surface area (Å²) in [5.74, 6) is 1.23. The molecule has 236 valence electrons. The molecule has 0 radical (unpaired) electrons. The Labute approximate surface area is 287 Å². The lowest BCUT2D eigenvalue weighted by Crippen LogP contribution is -2.10. The normalized spacial score (nSPS) is 11.6. The smallest absolute Gasteiger partial charge is 0.227 e. The monoisotopic (exact) mass is 644 g/mol. The van der Waals surface area contributed by atoms with E-state index in [1.165, 1.54) is 5.39 Å². The quantitative estimate of drug-likeness (QED) is 0.180. The van der Waals surface area contributed by atoms with Crippen LogP contribution in [-0.4, -0.2) is 14.5 Å². The van der Waals surface area contributed by atoms with Gasteiger partial charge in [-0.15, -0.1) is 0 Å². The summed E-state index contributed by atoms with van der Waals surface area (Å²) in [4.78, 5) is 11.7. The maximum Gasteiger partial charge on any atom is 0.227 e. The Morgan fingerprint density at radius 1 is 0.420 bits per heavy atom. The zero-order chi connectivity index (χ0) is 33.0. The first-order valence-electron chi connectivity index (χ1n) is 16.6. The maximum absolute atomic E-state index is 6.13. The summed E-state index contributed by atoms with van der Waals surface area (Å²) >= 11 is 0. The van der Waals surface area contributed by atoms with Gasteiger partial charge in [0.25, 0.3) is 0 Å². The van der Waals surface area contributed by atoms with Gasteiger partial charge in [-0.1, -0.05) is 60.7 Å². The minimum Gasteiger partial charge on any atom is -0.436 e. The van der Waals surface area contributed by atoms with Gasteiger partial charge in [-0.05, 0) is 109 Å². The van der Waals surface area contributed by atoms with Crippen molar-refractivity contribution in [2.24, 2.45) is 0 Å². The molecule has 0 aliphatic carbocycles. The van der Waals surface area contributed by atoms with Crippen LogP contribution >= 0.6 is 0 Å². The van der Waals surface area contributed by atoms with E-state index in [-0.39, 0.29) is 0 Å². The van der Waals surface area contributed by atoms with Crippen LogP contribution in [0.15, 0.2) is 179 Å². The third-order valence-corrected chi connectivity index (χ3v) is 9.26. The molecule has 0 aliphatic rings. The molecule has 6 nitrogen and oxygen atoms in total. The molecule has 7 aromatic carbocycles. The third-order valence-electron chi connectivity index (χ3n) is 9.26. The van der Waals surface area contributed by atoms with Crippen LogP contribution in [0.1, 0.15) is 0 Å². The zero-order valence-electron chi connectivity index (χ0n) is 26.8. The molecule has 0 saturated carbocycles. The minimum absolute atomic E-state index is 0.612. The van der Waals surface area contributed by atoms with Gasteiger partial charge in [-0.2, -0.15) is 0 Å². The van der Waals surface area contributed by atoms with Gasteiger partial charge in [0.15, 0.2) is 11.2 Å². The molecule has 0 atom stereocenters. The standard InChI is InChI=1S/C44H28N4O2/c1-2-10-31(11-3-1)47(32-21-18-29(19-22-32)43-45-37-13-5-8-16-41(37)49-43)33-23-25-34(26-24-33)48-39-15-7-4-12-35(39)36-28-30(20-27-40(36)48)44-46-38-14-6-9-17-42(38)50-44/h1-28H. The lowest BCUT2D eigenvalue weighted by Gasteiger charge is -2.26. The first kappa shape index (κ1) is 28.1. The Bertz CT molecular complexity index is 2750. The molecule has 0 fully saturated rings. The lowest BCUT2D eigenvalue weighted by atomic mass is 10.1. The van der Waals surface area contributed by atoms with E-state index in [1.54, 1.807) is 0 Å². The predicted molar refractivity (Wildman–Crippen MR) is 201 cm³/mol. The first-order valence-corrected chi connectivity index (χ1v) is 16.6. The highest BCUT2D eigenvalue weighted by atomic mass is 16.4. The van der Waals surface area contributed by atoms with Crippen molar-refractivity contribution < 1.29 is 8.83 Å². The molecule has 6 heteroatoms. The van der Waals surface area contributed by atoms with Crippen molar-refractivity contribution in [1.29, 1.82) is 0 Å². The Hall–Kier alpha value is -6.92. The molecule has 0 spiro atoms. The number of nitrogens with zero attached hydrogens (tertiary/aromatic N) is 4. The van der Waals surface area contributed by atoms with Gasteiger partial charge >= 0.3 is 0 Å². The van der Waals surface area contributed by atoms with Gasteiger partial charge in [0.05, 0.1) is 11.0 Å². The number of fused-ring (bicyclic) bond motifs is 5. The van der Waals surface area contributed by atoms with E-state index >= 15 is 0 Å². The number of anilines is 3. The number of hydrogen-bond donors (Lipinski definition) is 0. The fourth-order valence-electron chi connectivity index (χ4n) is 6.90. The number of benzene rings is 7. The van der Waals surface area contributed by atoms with E-state index in [1.807, 2.05) is 54.6 Å². The summed E-state index contributed by atoms with van der Waals surface area (Å²) in [5, 5.41) is 2.32. The molecule has 3 heterocycles. The molecule has 10 rings (SSSR count). The molecule has 0 aliphatic heterocycles. The second kappa shape index (κ2) is 11.4. The van der Waals surface area contributed by atoms with Crippen molar-refractivity contribution >= 4 is 61.1 Å². The van der Waals surface area contributed by atoms with Crippen LogP contribution < -0.4 is 4.90 Å². The highest BCUT2D eigenvalue weighted by Crippen LogP contribution is 2.39. The molecule has 0 N–H and O–H groups in total.